The lowest BCUT2D eigenvalue weighted by atomic mass is 10.3. The Hall–Kier alpha value is -1.29. The van der Waals surface area contributed by atoms with Gasteiger partial charge in [-0.2, -0.15) is 5.10 Å². The summed E-state index contributed by atoms with van der Waals surface area (Å²) in [5.41, 5.74) is 0. The smallest absolute Gasteiger partial charge is 0.181 e. The molecule has 17 heavy (non-hydrogen) atoms. The fourth-order valence-corrected chi connectivity index (χ4v) is 3.05. The Morgan fingerprint density at radius 1 is 1.35 bits per heavy atom. The van der Waals surface area contributed by atoms with Crippen molar-refractivity contribution < 1.29 is 4.74 Å². The minimum absolute atomic E-state index is 0.581. The highest BCUT2D eigenvalue weighted by atomic mass is 32.1. The van der Waals surface area contributed by atoms with Gasteiger partial charge in [0.25, 0.3) is 0 Å². The summed E-state index contributed by atoms with van der Waals surface area (Å²) in [6.45, 7) is 2.08. The first-order chi connectivity index (χ1) is 8.31. The zero-order chi connectivity index (χ0) is 11.7. The Bertz CT molecular complexity index is 497. The van der Waals surface area contributed by atoms with Crippen molar-refractivity contribution in [1.82, 2.24) is 9.78 Å². The van der Waals surface area contributed by atoms with Gasteiger partial charge < -0.3 is 4.74 Å². The van der Waals surface area contributed by atoms with Crippen LogP contribution in [0.2, 0.25) is 0 Å². The summed E-state index contributed by atoms with van der Waals surface area (Å²) in [6, 6.07) is 4.66. The molecular formula is C13H16N2OS. The van der Waals surface area contributed by atoms with E-state index in [4.69, 9.17) is 4.74 Å². The Morgan fingerprint density at radius 3 is 2.88 bits per heavy atom. The standard InChI is InChI=1S/C13H16N2OS/c1-10-6-7-13(17-10)16-12-8-14-15(9-12)11-4-2-3-5-11/h6-9,11H,2-5H2,1H3. The number of rotatable bonds is 3. The molecule has 1 aliphatic carbocycles. The third-order valence-corrected chi connectivity index (χ3v) is 4.09. The van der Waals surface area contributed by atoms with Crippen LogP contribution in [0.1, 0.15) is 36.6 Å². The lowest BCUT2D eigenvalue weighted by molar-refractivity contribution is 0.459. The molecule has 0 spiro atoms. The van der Waals surface area contributed by atoms with Crippen molar-refractivity contribution in [2.45, 2.75) is 38.6 Å². The maximum atomic E-state index is 5.77. The van der Waals surface area contributed by atoms with Crippen LogP contribution in [0.5, 0.6) is 10.8 Å². The van der Waals surface area contributed by atoms with Crippen molar-refractivity contribution in [3.8, 4) is 10.8 Å². The highest BCUT2D eigenvalue weighted by molar-refractivity contribution is 7.13. The van der Waals surface area contributed by atoms with Gasteiger partial charge in [-0.3, -0.25) is 4.68 Å². The summed E-state index contributed by atoms with van der Waals surface area (Å²) in [5.74, 6) is 0.846. The van der Waals surface area contributed by atoms with Gasteiger partial charge in [-0.05, 0) is 31.9 Å². The van der Waals surface area contributed by atoms with E-state index in [2.05, 4.69) is 22.8 Å². The predicted molar refractivity (Wildman–Crippen MR) is 68.9 cm³/mol. The lowest BCUT2D eigenvalue weighted by Crippen LogP contribution is -2.04. The number of nitrogens with zero attached hydrogens (tertiary/aromatic N) is 2. The van der Waals surface area contributed by atoms with Crippen LogP contribution in [-0.4, -0.2) is 9.78 Å². The Morgan fingerprint density at radius 2 is 2.18 bits per heavy atom. The SMILES string of the molecule is Cc1ccc(Oc2cnn(C3CCCC3)c2)s1. The largest absolute Gasteiger partial charge is 0.443 e. The predicted octanol–water partition coefficient (Wildman–Crippen LogP) is 4.16. The zero-order valence-corrected chi connectivity index (χ0v) is 10.7. The number of aryl methyl sites for hydroxylation is 1. The molecule has 2 aromatic rings. The molecule has 1 saturated carbocycles. The highest BCUT2D eigenvalue weighted by Gasteiger charge is 2.17. The molecule has 0 N–H and O–H groups in total. The number of aromatic nitrogens is 2. The summed E-state index contributed by atoms with van der Waals surface area (Å²) in [5, 5.41) is 5.34. The first kappa shape index (κ1) is 10.8. The molecule has 0 aliphatic heterocycles. The van der Waals surface area contributed by atoms with E-state index < -0.39 is 0 Å². The molecular weight excluding hydrogens is 232 g/mol. The maximum Gasteiger partial charge on any atom is 0.181 e. The molecule has 0 aromatic carbocycles. The molecule has 90 valence electrons. The minimum Gasteiger partial charge on any atom is -0.443 e. The average molecular weight is 248 g/mol. The lowest BCUT2D eigenvalue weighted by Gasteiger charge is -2.08. The fourth-order valence-electron chi connectivity index (χ4n) is 2.32. The van der Waals surface area contributed by atoms with Crippen LogP contribution in [0.25, 0.3) is 0 Å². The van der Waals surface area contributed by atoms with Crippen molar-refractivity contribution in [3.05, 3.63) is 29.4 Å². The molecule has 3 nitrogen and oxygen atoms in total. The maximum absolute atomic E-state index is 5.77. The number of ether oxygens (including phenoxy) is 1. The van der Waals surface area contributed by atoms with Crippen molar-refractivity contribution in [2.24, 2.45) is 0 Å². The van der Waals surface area contributed by atoms with Gasteiger partial charge in [0.05, 0.1) is 18.4 Å². The first-order valence-corrected chi connectivity index (χ1v) is 6.91. The van der Waals surface area contributed by atoms with E-state index in [1.165, 1.54) is 30.6 Å². The van der Waals surface area contributed by atoms with Gasteiger partial charge in [-0.25, -0.2) is 0 Å². The van der Waals surface area contributed by atoms with Gasteiger partial charge in [0.15, 0.2) is 10.8 Å². The first-order valence-electron chi connectivity index (χ1n) is 6.10. The van der Waals surface area contributed by atoms with E-state index in [0.717, 1.165) is 10.8 Å². The molecule has 0 saturated heterocycles. The number of hydrogen-bond donors (Lipinski definition) is 0. The van der Waals surface area contributed by atoms with Crippen LogP contribution < -0.4 is 4.74 Å². The van der Waals surface area contributed by atoms with E-state index in [1.807, 2.05) is 18.5 Å². The summed E-state index contributed by atoms with van der Waals surface area (Å²) in [4.78, 5) is 1.27. The Labute approximate surface area is 105 Å². The molecule has 3 rings (SSSR count). The van der Waals surface area contributed by atoms with Crippen molar-refractivity contribution >= 4 is 11.3 Å². The number of hydrogen-bond acceptors (Lipinski definition) is 3. The third-order valence-electron chi connectivity index (χ3n) is 3.21. The van der Waals surface area contributed by atoms with E-state index in [9.17, 15) is 0 Å². The minimum atomic E-state index is 0.581. The molecule has 0 bridgehead atoms. The van der Waals surface area contributed by atoms with E-state index in [1.54, 1.807) is 11.3 Å². The second-order valence-electron chi connectivity index (χ2n) is 4.56. The molecule has 0 unspecified atom stereocenters. The Balaban J connectivity index is 1.71. The van der Waals surface area contributed by atoms with Crippen LogP contribution in [-0.2, 0) is 0 Å². The van der Waals surface area contributed by atoms with Crippen LogP contribution in [0.4, 0.5) is 0 Å². The van der Waals surface area contributed by atoms with Gasteiger partial charge >= 0.3 is 0 Å². The van der Waals surface area contributed by atoms with Crippen LogP contribution in [0, 0.1) is 6.92 Å². The average Bonchev–Trinajstić information content (AvgIpc) is 3.00. The second kappa shape index (κ2) is 4.53. The zero-order valence-electron chi connectivity index (χ0n) is 9.93. The molecule has 1 fully saturated rings. The third kappa shape index (κ3) is 2.36. The van der Waals surface area contributed by atoms with Crippen molar-refractivity contribution in [3.63, 3.8) is 0 Å². The van der Waals surface area contributed by atoms with Crippen molar-refractivity contribution in [2.75, 3.05) is 0 Å². The van der Waals surface area contributed by atoms with Crippen LogP contribution in [0.15, 0.2) is 24.5 Å². The van der Waals surface area contributed by atoms with Crippen LogP contribution in [0.3, 0.4) is 0 Å². The molecule has 0 atom stereocenters. The molecule has 2 heterocycles. The molecule has 1 aliphatic rings. The van der Waals surface area contributed by atoms with Gasteiger partial charge in [0.1, 0.15) is 0 Å². The molecule has 2 aromatic heterocycles. The quantitative estimate of drug-likeness (QED) is 0.815. The van der Waals surface area contributed by atoms with Crippen LogP contribution >= 0.6 is 11.3 Å². The summed E-state index contributed by atoms with van der Waals surface area (Å²) in [7, 11) is 0. The summed E-state index contributed by atoms with van der Waals surface area (Å²) in [6.07, 6.45) is 8.98. The van der Waals surface area contributed by atoms with E-state index >= 15 is 0 Å². The molecule has 0 radical (unpaired) electrons. The van der Waals surface area contributed by atoms with Gasteiger partial charge in [0, 0.05) is 4.88 Å². The van der Waals surface area contributed by atoms with Crippen molar-refractivity contribution in [1.29, 1.82) is 0 Å². The normalized spacial score (nSPS) is 16.5. The van der Waals surface area contributed by atoms with E-state index in [-0.39, 0.29) is 0 Å². The summed E-state index contributed by atoms with van der Waals surface area (Å²) < 4.78 is 7.83. The van der Waals surface area contributed by atoms with E-state index in [0.29, 0.717) is 6.04 Å². The fraction of sp³-hybridized carbons (Fsp3) is 0.462. The monoisotopic (exact) mass is 248 g/mol. The molecule has 4 heteroatoms. The van der Waals surface area contributed by atoms with Gasteiger partial charge in [-0.15, -0.1) is 11.3 Å². The highest BCUT2D eigenvalue weighted by Crippen LogP contribution is 2.32. The van der Waals surface area contributed by atoms with Gasteiger partial charge in [-0.1, -0.05) is 12.8 Å². The Kier molecular flexibility index (Phi) is 2.89. The molecule has 0 amide bonds. The summed E-state index contributed by atoms with van der Waals surface area (Å²) >= 11 is 1.66. The van der Waals surface area contributed by atoms with Gasteiger partial charge in [0.2, 0.25) is 0 Å². The topological polar surface area (TPSA) is 27.1 Å². The second-order valence-corrected chi connectivity index (χ2v) is 5.81. The number of thiophene rings is 1.